The van der Waals surface area contributed by atoms with Gasteiger partial charge in [-0.05, 0) is 6.42 Å². The van der Waals surface area contributed by atoms with Crippen LogP contribution in [0.4, 0.5) is 0 Å². The number of allylic oxidation sites excluding steroid dienone is 2. The minimum atomic E-state index is 0.948. The van der Waals surface area contributed by atoms with Crippen LogP contribution in [0.2, 0.25) is 0 Å². The third-order valence-corrected chi connectivity index (χ3v) is 0.933. The van der Waals surface area contributed by atoms with E-state index in [1.54, 1.807) is 0 Å². The third-order valence-electron chi connectivity index (χ3n) is 0.933. The Bertz CT molecular complexity index is 141. The maximum Gasteiger partial charge on any atom is 0.0302 e. The standard InChI is InChI=1S/C7H7/c1-2-3-4-7-5-6-7/h5H,1,4,6H2. The molecule has 1 aliphatic carbocycles. The Morgan fingerprint density at radius 1 is 1.86 bits per heavy atom. The van der Waals surface area contributed by atoms with Crippen LogP contribution in [-0.2, 0) is 0 Å². The van der Waals surface area contributed by atoms with Crippen LogP contribution in [0.5, 0.6) is 0 Å². The van der Waals surface area contributed by atoms with Crippen LogP contribution in [-0.4, -0.2) is 0 Å². The summed E-state index contributed by atoms with van der Waals surface area (Å²) in [5.74, 6) is 5.48. The van der Waals surface area contributed by atoms with E-state index in [2.05, 4.69) is 24.8 Å². The molecule has 0 heterocycles. The molecule has 0 saturated heterocycles. The zero-order valence-corrected chi connectivity index (χ0v) is 4.20. The molecule has 1 radical (unpaired) electrons. The third kappa shape index (κ3) is 1.45. The molecule has 0 bridgehead atoms. The lowest BCUT2D eigenvalue weighted by molar-refractivity contribution is 1.33. The molecule has 0 aliphatic heterocycles. The summed E-state index contributed by atoms with van der Waals surface area (Å²) in [6.45, 7) is 3.40. The van der Waals surface area contributed by atoms with Gasteiger partial charge in [0.05, 0.1) is 0 Å². The second-order valence-electron chi connectivity index (χ2n) is 1.60. The van der Waals surface area contributed by atoms with E-state index in [0.29, 0.717) is 0 Å². The van der Waals surface area contributed by atoms with Crippen molar-refractivity contribution >= 4 is 0 Å². The van der Waals surface area contributed by atoms with Crippen LogP contribution in [0.15, 0.2) is 11.6 Å². The van der Waals surface area contributed by atoms with Gasteiger partial charge in [-0.2, -0.15) is 0 Å². The topological polar surface area (TPSA) is 0 Å². The molecule has 35 valence electrons. The molecule has 0 fully saturated rings. The van der Waals surface area contributed by atoms with Crippen molar-refractivity contribution in [2.24, 2.45) is 0 Å². The highest BCUT2D eigenvalue weighted by Gasteiger charge is 2.02. The highest BCUT2D eigenvalue weighted by Crippen LogP contribution is 2.20. The Kier molecular flexibility index (Phi) is 1.17. The molecule has 0 aromatic carbocycles. The quantitative estimate of drug-likeness (QED) is 0.339. The van der Waals surface area contributed by atoms with Crippen molar-refractivity contribution in [2.45, 2.75) is 12.8 Å². The van der Waals surface area contributed by atoms with E-state index in [9.17, 15) is 0 Å². The van der Waals surface area contributed by atoms with Gasteiger partial charge in [-0.1, -0.05) is 17.6 Å². The molecular formula is C7H7. The second-order valence-corrected chi connectivity index (χ2v) is 1.60. The lowest BCUT2D eigenvalue weighted by Crippen LogP contribution is -1.57. The fourth-order valence-electron chi connectivity index (χ4n) is 0.393. The van der Waals surface area contributed by atoms with Gasteiger partial charge in [0.2, 0.25) is 0 Å². The maximum absolute atomic E-state index is 3.40. The Morgan fingerprint density at radius 3 is 3.00 bits per heavy atom. The zero-order valence-electron chi connectivity index (χ0n) is 4.20. The normalized spacial score (nSPS) is 14.1. The van der Waals surface area contributed by atoms with Gasteiger partial charge in [-0.3, -0.25) is 0 Å². The van der Waals surface area contributed by atoms with Crippen LogP contribution >= 0.6 is 0 Å². The molecule has 7 heavy (non-hydrogen) atoms. The summed E-state index contributed by atoms with van der Waals surface area (Å²) < 4.78 is 0. The minimum Gasteiger partial charge on any atom is -0.102 e. The smallest absolute Gasteiger partial charge is 0.0302 e. The number of rotatable bonds is 1. The van der Waals surface area contributed by atoms with Crippen molar-refractivity contribution in [3.63, 3.8) is 0 Å². The Balaban J connectivity index is 2.18. The van der Waals surface area contributed by atoms with Gasteiger partial charge in [0.25, 0.3) is 0 Å². The molecule has 0 saturated carbocycles. The molecule has 0 unspecified atom stereocenters. The zero-order chi connectivity index (χ0) is 5.11. The van der Waals surface area contributed by atoms with E-state index in [1.807, 2.05) is 0 Å². The molecule has 0 amide bonds. The molecule has 0 spiro atoms. The van der Waals surface area contributed by atoms with Crippen molar-refractivity contribution in [1.29, 1.82) is 0 Å². The van der Waals surface area contributed by atoms with E-state index >= 15 is 0 Å². The van der Waals surface area contributed by atoms with Gasteiger partial charge >= 0.3 is 0 Å². The predicted octanol–water partition coefficient (Wildman–Crippen LogP) is 1.54. The van der Waals surface area contributed by atoms with Crippen LogP contribution in [0.25, 0.3) is 0 Å². The van der Waals surface area contributed by atoms with Gasteiger partial charge < -0.3 is 0 Å². The van der Waals surface area contributed by atoms with Crippen molar-refractivity contribution in [1.82, 2.24) is 0 Å². The Labute approximate surface area is 44.2 Å². The predicted molar refractivity (Wildman–Crippen MR) is 30.4 cm³/mol. The lowest BCUT2D eigenvalue weighted by atomic mass is 10.3. The van der Waals surface area contributed by atoms with Crippen molar-refractivity contribution < 1.29 is 0 Å². The van der Waals surface area contributed by atoms with Crippen molar-refractivity contribution in [3.8, 4) is 11.8 Å². The average molecular weight is 91.1 g/mol. The monoisotopic (exact) mass is 91.1 g/mol. The first kappa shape index (κ1) is 4.46. The summed E-state index contributed by atoms with van der Waals surface area (Å²) in [7, 11) is 0. The van der Waals surface area contributed by atoms with Gasteiger partial charge in [0.15, 0.2) is 0 Å². The molecular weight excluding hydrogens is 84.1 g/mol. The lowest BCUT2D eigenvalue weighted by Gasteiger charge is -1.71. The highest BCUT2D eigenvalue weighted by molar-refractivity contribution is 5.27. The first-order valence-electron chi connectivity index (χ1n) is 2.36. The van der Waals surface area contributed by atoms with Crippen LogP contribution in [0.1, 0.15) is 12.8 Å². The van der Waals surface area contributed by atoms with Crippen LogP contribution < -0.4 is 0 Å². The van der Waals surface area contributed by atoms with E-state index in [4.69, 9.17) is 0 Å². The van der Waals surface area contributed by atoms with Gasteiger partial charge in [0, 0.05) is 13.3 Å². The summed E-state index contributed by atoms with van der Waals surface area (Å²) in [6.07, 6.45) is 4.32. The minimum absolute atomic E-state index is 0.948. The largest absolute Gasteiger partial charge is 0.102 e. The van der Waals surface area contributed by atoms with E-state index in [-0.39, 0.29) is 0 Å². The number of hydrogen-bond acceptors (Lipinski definition) is 0. The average Bonchev–Trinajstić information content (AvgIpc) is 2.42. The van der Waals surface area contributed by atoms with Crippen LogP contribution in [0, 0.1) is 18.8 Å². The van der Waals surface area contributed by atoms with Crippen LogP contribution in [0.3, 0.4) is 0 Å². The van der Waals surface area contributed by atoms with Gasteiger partial charge in [0.1, 0.15) is 0 Å². The van der Waals surface area contributed by atoms with Crippen molar-refractivity contribution in [3.05, 3.63) is 18.6 Å². The molecule has 0 heteroatoms. The molecule has 0 aromatic rings. The molecule has 1 aliphatic rings. The summed E-state index contributed by atoms with van der Waals surface area (Å²) in [4.78, 5) is 0. The molecule has 0 atom stereocenters. The Hall–Kier alpha value is -0.700. The molecule has 0 N–H and O–H groups in total. The molecule has 0 nitrogen and oxygen atoms in total. The fraction of sp³-hybridized carbons (Fsp3) is 0.286. The maximum atomic E-state index is 3.40. The SMILES string of the molecule is [CH2]C#CCC1=CC1. The highest BCUT2D eigenvalue weighted by atomic mass is 14.1. The molecule has 0 aromatic heterocycles. The van der Waals surface area contributed by atoms with E-state index < -0.39 is 0 Å². The Morgan fingerprint density at radius 2 is 2.57 bits per heavy atom. The summed E-state index contributed by atoms with van der Waals surface area (Å²) in [5.41, 5.74) is 1.47. The second kappa shape index (κ2) is 1.84. The van der Waals surface area contributed by atoms with Gasteiger partial charge in [-0.15, -0.1) is 5.92 Å². The van der Waals surface area contributed by atoms with Crippen molar-refractivity contribution in [2.75, 3.05) is 0 Å². The first-order chi connectivity index (χ1) is 3.43. The summed E-state index contributed by atoms with van der Waals surface area (Å²) >= 11 is 0. The van der Waals surface area contributed by atoms with E-state index in [0.717, 1.165) is 6.42 Å². The summed E-state index contributed by atoms with van der Waals surface area (Å²) in [6, 6.07) is 0. The number of hydrogen-bond donors (Lipinski definition) is 0. The molecule has 1 rings (SSSR count). The summed E-state index contributed by atoms with van der Waals surface area (Å²) in [5, 5.41) is 0. The first-order valence-corrected chi connectivity index (χ1v) is 2.36. The van der Waals surface area contributed by atoms with E-state index in [1.165, 1.54) is 12.0 Å². The fourth-order valence-corrected chi connectivity index (χ4v) is 0.393. The van der Waals surface area contributed by atoms with Gasteiger partial charge in [-0.25, -0.2) is 0 Å².